The van der Waals surface area contributed by atoms with E-state index in [1.807, 2.05) is 0 Å². The van der Waals surface area contributed by atoms with Crippen molar-refractivity contribution < 1.29 is 0 Å². The SMILES string of the molecule is CCNCC1CCCCC1CC. The van der Waals surface area contributed by atoms with E-state index < -0.39 is 0 Å². The van der Waals surface area contributed by atoms with Crippen LogP contribution in [0.2, 0.25) is 0 Å². The first-order chi connectivity index (χ1) is 5.88. The van der Waals surface area contributed by atoms with Gasteiger partial charge in [-0.05, 0) is 31.3 Å². The zero-order valence-corrected chi connectivity index (χ0v) is 8.60. The van der Waals surface area contributed by atoms with Crippen LogP contribution in [0, 0.1) is 11.8 Å². The molecule has 72 valence electrons. The van der Waals surface area contributed by atoms with Gasteiger partial charge in [-0.1, -0.05) is 39.5 Å². The van der Waals surface area contributed by atoms with Crippen molar-refractivity contribution in [2.24, 2.45) is 11.8 Å². The summed E-state index contributed by atoms with van der Waals surface area (Å²) >= 11 is 0. The largest absolute Gasteiger partial charge is 0.317 e. The van der Waals surface area contributed by atoms with Crippen molar-refractivity contribution in [2.75, 3.05) is 13.1 Å². The van der Waals surface area contributed by atoms with Gasteiger partial charge in [0.2, 0.25) is 0 Å². The molecule has 1 N–H and O–H groups in total. The van der Waals surface area contributed by atoms with Crippen molar-refractivity contribution in [2.45, 2.75) is 46.0 Å². The van der Waals surface area contributed by atoms with Gasteiger partial charge in [-0.25, -0.2) is 0 Å². The molecule has 1 rings (SSSR count). The average molecular weight is 169 g/mol. The summed E-state index contributed by atoms with van der Waals surface area (Å²) < 4.78 is 0. The summed E-state index contributed by atoms with van der Waals surface area (Å²) in [5.74, 6) is 1.99. The molecule has 12 heavy (non-hydrogen) atoms. The maximum Gasteiger partial charge on any atom is -0.00180 e. The Labute approximate surface area is 76.9 Å². The fourth-order valence-corrected chi connectivity index (χ4v) is 2.42. The van der Waals surface area contributed by atoms with Crippen LogP contribution in [0.25, 0.3) is 0 Å². The van der Waals surface area contributed by atoms with Crippen molar-refractivity contribution in [3.63, 3.8) is 0 Å². The number of hydrogen-bond donors (Lipinski definition) is 1. The molecule has 1 aliphatic carbocycles. The quantitative estimate of drug-likeness (QED) is 0.682. The highest BCUT2D eigenvalue weighted by molar-refractivity contribution is 4.75. The van der Waals surface area contributed by atoms with Gasteiger partial charge >= 0.3 is 0 Å². The zero-order valence-electron chi connectivity index (χ0n) is 8.60. The predicted octanol–water partition coefficient (Wildman–Crippen LogP) is 2.81. The summed E-state index contributed by atoms with van der Waals surface area (Å²) in [6.07, 6.45) is 7.27. The molecule has 1 saturated carbocycles. The van der Waals surface area contributed by atoms with E-state index in [4.69, 9.17) is 0 Å². The van der Waals surface area contributed by atoms with Crippen LogP contribution in [0.4, 0.5) is 0 Å². The van der Waals surface area contributed by atoms with E-state index in [2.05, 4.69) is 19.2 Å². The van der Waals surface area contributed by atoms with E-state index in [1.54, 1.807) is 0 Å². The molecule has 0 saturated heterocycles. The van der Waals surface area contributed by atoms with Gasteiger partial charge in [0.05, 0.1) is 0 Å². The standard InChI is InChI=1S/C11H23N/c1-3-10-7-5-6-8-11(10)9-12-4-2/h10-12H,3-9H2,1-2H3. The van der Waals surface area contributed by atoms with Crippen LogP contribution >= 0.6 is 0 Å². The molecule has 1 heteroatoms. The van der Waals surface area contributed by atoms with Crippen LogP contribution in [-0.2, 0) is 0 Å². The second-order valence-corrected chi connectivity index (χ2v) is 4.02. The topological polar surface area (TPSA) is 12.0 Å². The minimum Gasteiger partial charge on any atom is -0.317 e. The Balaban J connectivity index is 2.26. The molecule has 1 aliphatic rings. The minimum absolute atomic E-state index is 0.976. The Kier molecular flexibility index (Phi) is 4.67. The van der Waals surface area contributed by atoms with Crippen LogP contribution in [0.3, 0.4) is 0 Å². The van der Waals surface area contributed by atoms with Gasteiger partial charge in [-0.15, -0.1) is 0 Å². The normalized spacial score (nSPS) is 30.5. The molecule has 2 atom stereocenters. The third-order valence-corrected chi connectivity index (χ3v) is 3.25. The molecule has 0 spiro atoms. The summed E-state index contributed by atoms with van der Waals surface area (Å²) in [7, 11) is 0. The zero-order chi connectivity index (χ0) is 8.81. The van der Waals surface area contributed by atoms with Crippen molar-refractivity contribution in [3.05, 3.63) is 0 Å². The first-order valence-corrected chi connectivity index (χ1v) is 5.59. The molecule has 1 fully saturated rings. The van der Waals surface area contributed by atoms with E-state index in [9.17, 15) is 0 Å². The molecule has 0 amide bonds. The fraction of sp³-hybridized carbons (Fsp3) is 1.00. The van der Waals surface area contributed by atoms with Gasteiger partial charge in [0.15, 0.2) is 0 Å². The third kappa shape index (κ3) is 2.78. The highest BCUT2D eigenvalue weighted by Gasteiger charge is 2.22. The molecular weight excluding hydrogens is 146 g/mol. The number of rotatable bonds is 4. The van der Waals surface area contributed by atoms with Gasteiger partial charge in [0, 0.05) is 0 Å². The molecule has 0 aliphatic heterocycles. The second-order valence-electron chi connectivity index (χ2n) is 4.02. The van der Waals surface area contributed by atoms with Gasteiger partial charge in [0.1, 0.15) is 0 Å². The number of hydrogen-bond acceptors (Lipinski definition) is 1. The van der Waals surface area contributed by atoms with Gasteiger partial charge in [0.25, 0.3) is 0 Å². The summed E-state index contributed by atoms with van der Waals surface area (Å²) in [4.78, 5) is 0. The summed E-state index contributed by atoms with van der Waals surface area (Å²) in [5, 5.41) is 3.48. The van der Waals surface area contributed by atoms with E-state index in [1.165, 1.54) is 38.6 Å². The van der Waals surface area contributed by atoms with Crippen molar-refractivity contribution in [3.8, 4) is 0 Å². The summed E-state index contributed by atoms with van der Waals surface area (Å²) in [6, 6.07) is 0. The molecule has 0 aromatic heterocycles. The Morgan fingerprint density at radius 3 is 2.33 bits per heavy atom. The van der Waals surface area contributed by atoms with Crippen LogP contribution in [0.15, 0.2) is 0 Å². The summed E-state index contributed by atoms with van der Waals surface area (Å²) in [6.45, 7) is 6.93. The second kappa shape index (κ2) is 5.58. The van der Waals surface area contributed by atoms with E-state index in [-0.39, 0.29) is 0 Å². The first kappa shape index (κ1) is 10.0. The van der Waals surface area contributed by atoms with E-state index in [0.29, 0.717) is 0 Å². The van der Waals surface area contributed by atoms with E-state index in [0.717, 1.165) is 18.4 Å². The van der Waals surface area contributed by atoms with Gasteiger partial charge in [-0.3, -0.25) is 0 Å². The average Bonchev–Trinajstić information content (AvgIpc) is 2.15. The van der Waals surface area contributed by atoms with Crippen LogP contribution in [-0.4, -0.2) is 13.1 Å². The van der Waals surface area contributed by atoms with Gasteiger partial charge in [-0.2, -0.15) is 0 Å². The van der Waals surface area contributed by atoms with Crippen molar-refractivity contribution in [1.82, 2.24) is 5.32 Å². The Bertz CT molecular complexity index is 112. The maximum atomic E-state index is 3.48. The molecule has 0 aromatic carbocycles. The van der Waals surface area contributed by atoms with E-state index >= 15 is 0 Å². The maximum absolute atomic E-state index is 3.48. The lowest BCUT2D eigenvalue weighted by molar-refractivity contribution is 0.225. The molecule has 1 nitrogen and oxygen atoms in total. The first-order valence-electron chi connectivity index (χ1n) is 5.59. The highest BCUT2D eigenvalue weighted by Crippen LogP contribution is 2.31. The monoisotopic (exact) mass is 169 g/mol. The smallest absolute Gasteiger partial charge is 0.00180 e. The lowest BCUT2D eigenvalue weighted by Gasteiger charge is -2.30. The summed E-state index contributed by atoms with van der Waals surface area (Å²) in [5.41, 5.74) is 0. The molecule has 0 bridgehead atoms. The fourth-order valence-electron chi connectivity index (χ4n) is 2.42. The van der Waals surface area contributed by atoms with Crippen LogP contribution in [0.1, 0.15) is 46.0 Å². The predicted molar refractivity (Wildman–Crippen MR) is 54.3 cm³/mol. The molecule has 0 heterocycles. The lowest BCUT2D eigenvalue weighted by atomic mass is 9.78. The molecular formula is C11H23N. The van der Waals surface area contributed by atoms with Crippen molar-refractivity contribution >= 4 is 0 Å². The molecule has 0 radical (unpaired) electrons. The Hall–Kier alpha value is -0.0400. The van der Waals surface area contributed by atoms with Crippen LogP contribution in [0.5, 0.6) is 0 Å². The van der Waals surface area contributed by atoms with Gasteiger partial charge < -0.3 is 5.32 Å². The molecule has 0 aromatic rings. The highest BCUT2D eigenvalue weighted by atomic mass is 14.8. The Morgan fingerprint density at radius 2 is 1.75 bits per heavy atom. The van der Waals surface area contributed by atoms with Crippen molar-refractivity contribution in [1.29, 1.82) is 0 Å². The van der Waals surface area contributed by atoms with Crippen LogP contribution < -0.4 is 5.32 Å². The lowest BCUT2D eigenvalue weighted by Crippen LogP contribution is -2.30. The minimum atomic E-state index is 0.976. The Morgan fingerprint density at radius 1 is 1.08 bits per heavy atom. The third-order valence-electron chi connectivity index (χ3n) is 3.25. The molecule has 2 unspecified atom stereocenters. The number of nitrogens with one attached hydrogen (secondary N) is 1.